The van der Waals surface area contributed by atoms with E-state index in [4.69, 9.17) is 0 Å². The maximum Gasteiger partial charge on any atom is 0.241 e. The first-order valence-corrected chi connectivity index (χ1v) is 9.15. The largest absolute Gasteiger partial charge is 0.323 e. The molecule has 21 heavy (non-hydrogen) atoms. The van der Waals surface area contributed by atoms with Gasteiger partial charge in [-0.1, -0.05) is 40.5 Å². The zero-order valence-corrected chi connectivity index (χ0v) is 14.4. The molecule has 1 saturated heterocycles. The third-order valence-corrected chi connectivity index (χ3v) is 5.34. The van der Waals surface area contributed by atoms with Crippen molar-refractivity contribution in [3.8, 4) is 0 Å². The van der Waals surface area contributed by atoms with Gasteiger partial charge in [-0.2, -0.15) is 0 Å². The van der Waals surface area contributed by atoms with Gasteiger partial charge in [0.2, 0.25) is 5.91 Å². The summed E-state index contributed by atoms with van der Waals surface area (Å²) < 4.78 is 0. The summed E-state index contributed by atoms with van der Waals surface area (Å²) in [6.45, 7) is 8.93. The summed E-state index contributed by atoms with van der Waals surface area (Å²) in [5.41, 5.74) is 0. The van der Waals surface area contributed by atoms with Crippen LogP contribution in [0.3, 0.4) is 0 Å². The van der Waals surface area contributed by atoms with Crippen molar-refractivity contribution in [2.45, 2.75) is 97.3 Å². The summed E-state index contributed by atoms with van der Waals surface area (Å²) in [5, 5.41) is 3.62. The number of hydrogen-bond acceptors (Lipinski definition) is 2. The third kappa shape index (κ3) is 4.00. The minimum absolute atomic E-state index is 0.0606. The van der Waals surface area contributed by atoms with Crippen LogP contribution < -0.4 is 5.32 Å². The smallest absolute Gasteiger partial charge is 0.241 e. The minimum Gasteiger partial charge on any atom is -0.323 e. The molecule has 2 fully saturated rings. The lowest BCUT2D eigenvalue weighted by Crippen LogP contribution is -2.46. The Bertz CT molecular complexity index is 334. The topological polar surface area (TPSA) is 32.3 Å². The van der Waals surface area contributed by atoms with Crippen LogP contribution in [0.1, 0.15) is 79.1 Å². The number of carbonyl (C=O) groups is 1. The molecule has 2 aliphatic rings. The maximum atomic E-state index is 12.8. The van der Waals surface area contributed by atoms with Crippen LogP contribution in [0.5, 0.6) is 0 Å². The maximum absolute atomic E-state index is 12.8. The number of carbonyl (C=O) groups excluding carboxylic acids is 1. The van der Waals surface area contributed by atoms with Crippen LogP contribution in [0.2, 0.25) is 0 Å². The number of nitrogens with zero attached hydrogens (tertiary/aromatic N) is 1. The SMILES string of the molecule is CCCC1NC(CC(C)C)C(=O)N1C1CCC(CC)CC1. The number of hydrogen-bond donors (Lipinski definition) is 1. The van der Waals surface area contributed by atoms with E-state index < -0.39 is 0 Å². The average molecular weight is 294 g/mol. The first-order valence-electron chi connectivity index (χ1n) is 9.15. The number of nitrogens with one attached hydrogen (secondary N) is 1. The molecular weight excluding hydrogens is 260 g/mol. The van der Waals surface area contributed by atoms with Crippen molar-refractivity contribution in [2.24, 2.45) is 11.8 Å². The van der Waals surface area contributed by atoms with E-state index in [0.29, 0.717) is 17.9 Å². The van der Waals surface area contributed by atoms with Crippen molar-refractivity contribution in [3.63, 3.8) is 0 Å². The van der Waals surface area contributed by atoms with Crippen molar-refractivity contribution in [2.75, 3.05) is 0 Å². The Hall–Kier alpha value is -0.570. The van der Waals surface area contributed by atoms with Gasteiger partial charge in [-0.15, -0.1) is 0 Å². The van der Waals surface area contributed by atoms with Crippen LogP contribution in [0, 0.1) is 11.8 Å². The highest BCUT2D eigenvalue weighted by atomic mass is 16.2. The van der Waals surface area contributed by atoms with Gasteiger partial charge < -0.3 is 4.90 Å². The van der Waals surface area contributed by atoms with Gasteiger partial charge in [0.15, 0.2) is 0 Å². The molecule has 0 bridgehead atoms. The lowest BCUT2D eigenvalue weighted by Gasteiger charge is -2.37. The van der Waals surface area contributed by atoms with Gasteiger partial charge in [-0.05, 0) is 50.4 Å². The summed E-state index contributed by atoms with van der Waals surface area (Å²) in [5.74, 6) is 1.84. The Morgan fingerprint density at radius 1 is 1.19 bits per heavy atom. The van der Waals surface area contributed by atoms with E-state index in [1.165, 1.54) is 32.1 Å². The molecule has 0 radical (unpaired) electrons. The predicted octanol–water partition coefficient (Wildman–Crippen LogP) is 3.93. The van der Waals surface area contributed by atoms with E-state index in [1.54, 1.807) is 0 Å². The number of rotatable bonds is 6. The third-order valence-electron chi connectivity index (χ3n) is 5.34. The van der Waals surface area contributed by atoms with E-state index in [9.17, 15) is 4.79 Å². The van der Waals surface area contributed by atoms with Crippen LogP contribution in [-0.4, -0.2) is 29.1 Å². The first kappa shape index (κ1) is 16.8. The van der Waals surface area contributed by atoms with Crippen molar-refractivity contribution < 1.29 is 4.79 Å². The fourth-order valence-corrected chi connectivity index (χ4v) is 4.12. The van der Waals surface area contributed by atoms with E-state index in [0.717, 1.165) is 25.2 Å². The molecule has 122 valence electrons. The van der Waals surface area contributed by atoms with Gasteiger partial charge in [0.05, 0.1) is 12.2 Å². The molecule has 0 aromatic carbocycles. The zero-order chi connectivity index (χ0) is 15.4. The predicted molar refractivity (Wildman–Crippen MR) is 88.0 cm³/mol. The second-order valence-corrected chi connectivity index (χ2v) is 7.48. The lowest BCUT2D eigenvalue weighted by atomic mass is 9.83. The standard InChI is InChI=1S/C18H34N2O/c1-5-7-17-19-16(12-13(3)4)18(21)20(17)15-10-8-14(6-2)9-11-15/h13-17,19H,5-12H2,1-4H3. The average Bonchev–Trinajstić information content (AvgIpc) is 2.75. The normalized spacial score (nSPS) is 34.0. The fraction of sp³-hybridized carbons (Fsp3) is 0.944. The fourth-order valence-electron chi connectivity index (χ4n) is 4.12. The van der Waals surface area contributed by atoms with Gasteiger partial charge in [0.25, 0.3) is 0 Å². The van der Waals surface area contributed by atoms with Gasteiger partial charge in [0, 0.05) is 6.04 Å². The Morgan fingerprint density at radius 3 is 2.38 bits per heavy atom. The highest BCUT2D eigenvalue weighted by Crippen LogP contribution is 2.33. The summed E-state index contributed by atoms with van der Waals surface area (Å²) in [4.78, 5) is 15.1. The quantitative estimate of drug-likeness (QED) is 0.805. The molecule has 2 rings (SSSR count). The molecule has 1 aliphatic heterocycles. The van der Waals surface area contributed by atoms with Gasteiger partial charge in [-0.3, -0.25) is 10.1 Å². The van der Waals surface area contributed by atoms with Crippen LogP contribution >= 0.6 is 0 Å². The first-order chi connectivity index (χ1) is 10.1. The zero-order valence-electron chi connectivity index (χ0n) is 14.4. The summed E-state index contributed by atoms with van der Waals surface area (Å²) in [7, 11) is 0. The number of amides is 1. The second-order valence-electron chi connectivity index (χ2n) is 7.48. The molecule has 1 N–H and O–H groups in total. The molecule has 1 aliphatic carbocycles. The highest BCUT2D eigenvalue weighted by Gasteiger charge is 2.42. The van der Waals surface area contributed by atoms with Crippen molar-refractivity contribution in [3.05, 3.63) is 0 Å². The Kier molecular flexibility index (Phi) is 6.09. The molecule has 0 aromatic heterocycles. The molecule has 2 unspecified atom stereocenters. The van der Waals surface area contributed by atoms with E-state index >= 15 is 0 Å². The minimum atomic E-state index is 0.0606. The van der Waals surface area contributed by atoms with E-state index in [2.05, 4.69) is 37.9 Å². The molecule has 1 saturated carbocycles. The van der Waals surface area contributed by atoms with E-state index in [-0.39, 0.29) is 12.2 Å². The Labute approximate surface area is 130 Å². The lowest BCUT2D eigenvalue weighted by molar-refractivity contribution is -0.133. The van der Waals surface area contributed by atoms with Gasteiger partial charge in [0.1, 0.15) is 0 Å². The van der Waals surface area contributed by atoms with Crippen molar-refractivity contribution in [1.82, 2.24) is 10.2 Å². The van der Waals surface area contributed by atoms with Crippen LogP contribution in [0.25, 0.3) is 0 Å². The molecule has 1 heterocycles. The van der Waals surface area contributed by atoms with Crippen molar-refractivity contribution in [1.29, 1.82) is 0 Å². The Morgan fingerprint density at radius 2 is 1.86 bits per heavy atom. The second kappa shape index (κ2) is 7.62. The molecule has 0 spiro atoms. The van der Waals surface area contributed by atoms with Gasteiger partial charge in [-0.25, -0.2) is 0 Å². The van der Waals surface area contributed by atoms with Crippen LogP contribution in [0.15, 0.2) is 0 Å². The van der Waals surface area contributed by atoms with E-state index in [1.807, 2.05) is 0 Å². The Balaban J connectivity index is 2.02. The monoisotopic (exact) mass is 294 g/mol. The highest BCUT2D eigenvalue weighted by molar-refractivity contribution is 5.84. The summed E-state index contributed by atoms with van der Waals surface area (Å²) in [6.07, 6.45) is 9.81. The molecule has 3 heteroatoms. The summed E-state index contributed by atoms with van der Waals surface area (Å²) in [6, 6.07) is 0.548. The molecule has 2 atom stereocenters. The van der Waals surface area contributed by atoms with Crippen LogP contribution in [0.4, 0.5) is 0 Å². The van der Waals surface area contributed by atoms with Crippen LogP contribution in [-0.2, 0) is 4.79 Å². The molecule has 0 aromatic rings. The van der Waals surface area contributed by atoms with Crippen molar-refractivity contribution >= 4 is 5.91 Å². The molecule has 1 amide bonds. The summed E-state index contributed by atoms with van der Waals surface area (Å²) >= 11 is 0. The van der Waals surface area contributed by atoms with Gasteiger partial charge >= 0.3 is 0 Å². The molecular formula is C18H34N2O. The molecule has 3 nitrogen and oxygen atoms in total.